The van der Waals surface area contributed by atoms with Gasteiger partial charge in [-0.3, -0.25) is 15.1 Å². The van der Waals surface area contributed by atoms with E-state index in [0.29, 0.717) is 16.5 Å². The molecule has 1 atom stereocenters. The number of hydrogen-bond donors (Lipinski definition) is 1. The van der Waals surface area contributed by atoms with Gasteiger partial charge in [0.2, 0.25) is 0 Å². The molecular weight excluding hydrogens is 254 g/mol. The van der Waals surface area contributed by atoms with Gasteiger partial charge < -0.3 is 10.0 Å². The van der Waals surface area contributed by atoms with Crippen molar-refractivity contribution in [3.05, 3.63) is 39.9 Å². The van der Waals surface area contributed by atoms with Crippen molar-refractivity contribution in [2.24, 2.45) is 4.99 Å². The molecule has 0 spiro atoms. The van der Waals surface area contributed by atoms with Crippen molar-refractivity contribution < 1.29 is 10.0 Å². The third-order valence-electron chi connectivity index (χ3n) is 2.95. The fourth-order valence-electron chi connectivity index (χ4n) is 1.88. The molecule has 7 heteroatoms. The molecule has 0 saturated carbocycles. The Morgan fingerprint density at radius 1 is 1.61 bits per heavy atom. The number of nitrogens with zero attached hydrogens (tertiary/aromatic N) is 3. The van der Waals surface area contributed by atoms with Gasteiger partial charge in [-0.25, -0.2) is 0 Å². The first-order chi connectivity index (χ1) is 8.49. The van der Waals surface area contributed by atoms with Crippen molar-refractivity contribution in [1.29, 1.82) is 0 Å². The second-order valence-electron chi connectivity index (χ2n) is 3.98. The highest BCUT2D eigenvalue weighted by atomic mass is 32.2. The van der Waals surface area contributed by atoms with Crippen LogP contribution in [-0.4, -0.2) is 39.9 Å². The predicted molar refractivity (Wildman–Crippen MR) is 70.6 cm³/mol. The molecule has 1 fully saturated rings. The van der Waals surface area contributed by atoms with E-state index in [1.54, 1.807) is 31.1 Å². The third-order valence-corrected chi connectivity index (χ3v) is 4.22. The second kappa shape index (κ2) is 4.58. The summed E-state index contributed by atoms with van der Waals surface area (Å²) in [6.07, 6.45) is 0. The lowest BCUT2D eigenvalue weighted by Gasteiger charge is -2.31. The fourth-order valence-corrected chi connectivity index (χ4v) is 3.04. The average Bonchev–Trinajstić information content (AvgIpc) is 2.67. The number of amidine groups is 1. The summed E-state index contributed by atoms with van der Waals surface area (Å²) in [5.74, 6) is 0.400. The minimum absolute atomic E-state index is 0.0267. The number of benzene rings is 1. The zero-order valence-corrected chi connectivity index (χ0v) is 10.8. The Balaban J connectivity index is 2.42. The van der Waals surface area contributed by atoms with E-state index in [9.17, 15) is 15.2 Å². The third kappa shape index (κ3) is 1.95. The van der Waals surface area contributed by atoms with E-state index < -0.39 is 10.6 Å². The Hall–Kier alpha value is -1.60. The number of nitro benzene ring substituents is 1. The van der Waals surface area contributed by atoms with Gasteiger partial charge in [0.15, 0.2) is 10.9 Å². The standard InChI is InChI=1S/C11H13N3O3S/c1-12-10-13(2)11(15,7-18-10)8-4-3-5-9(6-8)14(16)17/h3-6,15H,7H2,1-2H3/t11-/m1/s1. The molecule has 1 heterocycles. The van der Waals surface area contributed by atoms with Gasteiger partial charge in [-0.1, -0.05) is 23.9 Å². The quantitative estimate of drug-likeness (QED) is 0.647. The number of nitro groups is 1. The molecule has 18 heavy (non-hydrogen) atoms. The molecule has 1 aromatic carbocycles. The van der Waals surface area contributed by atoms with Gasteiger partial charge in [0.25, 0.3) is 5.69 Å². The Morgan fingerprint density at radius 3 is 2.89 bits per heavy atom. The first-order valence-electron chi connectivity index (χ1n) is 5.30. The van der Waals surface area contributed by atoms with Crippen LogP contribution in [0.5, 0.6) is 0 Å². The van der Waals surface area contributed by atoms with Gasteiger partial charge in [-0.05, 0) is 0 Å². The molecule has 0 aromatic heterocycles. The van der Waals surface area contributed by atoms with Crippen LogP contribution in [0, 0.1) is 10.1 Å². The molecule has 0 bridgehead atoms. The zero-order chi connectivity index (χ0) is 13.3. The minimum atomic E-state index is -1.24. The molecule has 1 N–H and O–H groups in total. The SMILES string of the molecule is CN=C1SC[C@@](O)(c2cccc([N+](=O)[O-])c2)N1C. The Morgan fingerprint density at radius 2 is 2.33 bits per heavy atom. The van der Waals surface area contributed by atoms with Crippen molar-refractivity contribution in [2.45, 2.75) is 5.72 Å². The van der Waals surface area contributed by atoms with Crippen molar-refractivity contribution in [3.63, 3.8) is 0 Å². The van der Waals surface area contributed by atoms with Crippen LogP contribution >= 0.6 is 11.8 Å². The van der Waals surface area contributed by atoms with Crippen LogP contribution in [0.4, 0.5) is 5.69 Å². The zero-order valence-electron chi connectivity index (χ0n) is 10.0. The first-order valence-corrected chi connectivity index (χ1v) is 6.28. The lowest BCUT2D eigenvalue weighted by Crippen LogP contribution is -2.42. The summed E-state index contributed by atoms with van der Waals surface area (Å²) < 4.78 is 0. The van der Waals surface area contributed by atoms with Crippen LogP contribution in [0.2, 0.25) is 0 Å². The molecule has 6 nitrogen and oxygen atoms in total. The summed E-state index contributed by atoms with van der Waals surface area (Å²) in [6.45, 7) is 0. The Bertz CT molecular complexity index is 520. The largest absolute Gasteiger partial charge is 0.366 e. The first kappa shape index (κ1) is 12.8. The molecule has 0 radical (unpaired) electrons. The fraction of sp³-hybridized carbons (Fsp3) is 0.364. The minimum Gasteiger partial charge on any atom is -0.366 e. The highest BCUT2D eigenvalue weighted by molar-refractivity contribution is 8.14. The predicted octanol–water partition coefficient (Wildman–Crippen LogP) is 1.40. The molecule has 0 unspecified atom stereocenters. The number of non-ortho nitro benzene ring substituents is 1. The van der Waals surface area contributed by atoms with Gasteiger partial charge >= 0.3 is 0 Å². The van der Waals surface area contributed by atoms with Crippen LogP contribution in [0.25, 0.3) is 0 Å². The van der Waals surface area contributed by atoms with Crippen LogP contribution in [0.15, 0.2) is 29.3 Å². The number of thioether (sulfide) groups is 1. The maximum absolute atomic E-state index is 10.8. The van der Waals surface area contributed by atoms with Crippen LogP contribution < -0.4 is 0 Å². The Labute approximate surface area is 108 Å². The van der Waals surface area contributed by atoms with Gasteiger partial charge in [-0.2, -0.15) is 0 Å². The van der Waals surface area contributed by atoms with Crippen LogP contribution in [-0.2, 0) is 5.72 Å². The summed E-state index contributed by atoms with van der Waals surface area (Å²) in [5.41, 5.74) is -0.766. The normalized spacial score (nSPS) is 25.7. The molecule has 0 aliphatic carbocycles. The summed E-state index contributed by atoms with van der Waals surface area (Å²) in [4.78, 5) is 16.0. The Kier molecular flexibility index (Phi) is 3.27. The van der Waals surface area contributed by atoms with Gasteiger partial charge in [0, 0.05) is 31.8 Å². The van der Waals surface area contributed by atoms with E-state index in [4.69, 9.17) is 0 Å². The van der Waals surface area contributed by atoms with Gasteiger partial charge in [-0.15, -0.1) is 0 Å². The van der Waals surface area contributed by atoms with Crippen molar-refractivity contribution >= 4 is 22.6 Å². The molecule has 1 aliphatic rings. The molecular formula is C11H13N3O3S. The maximum atomic E-state index is 10.8. The van der Waals surface area contributed by atoms with Gasteiger partial charge in [0.05, 0.1) is 10.7 Å². The number of aliphatic hydroxyl groups is 1. The number of aliphatic imine (C=N–C) groups is 1. The lowest BCUT2D eigenvalue weighted by molar-refractivity contribution is -0.385. The summed E-state index contributed by atoms with van der Waals surface area (Å²) in [7, 11) is 3.37. The molecule has 1 aliphatic heterocycles. The molecule has 0 amide bonds. The number of hydrogen-bond acceptors (Lipinski definition) is 5. The van der Waals surface area contributed by atoms with E-state index in [-0.39, 0.29) is 5.69 Å². The topological polar surface area (TPSA) is 79.0 Å². The van der Waals surface area contributed by atoms with E-state index >= 15 is 0 Å². The van der Waals surface area contributed by atoms with Crippen LogP contribution in [0.3, 0.4) is 0 Å². The summed E-state index contributed by atoms with van der Waals surface area (Å²) in [5, 5.41) is 22.1. The van der Waals surface area contributed by atoms with E-state index in [1.165, 1.54) is 23.9 Å². The van der Waals surface area contributed by atoms with E-state index in [0.717, 1.165) is 0 Å². The summed E-state index contributed by atoms with van der Waals surface area (Å²) in [6, 6.07) is 6.06. The maximum Gasteiger partial charge on any atom is 0.269 e. The lowest BCUT2D eigenvalue weighted by atomic mass is 10.0. The molecule has 1 aromatic rings. The molecule has 1 saturated heterocycles. The van der Waals surface area contributed by atoms with Gasteiger partial charge in [0.1, 0.15) is 0 Å². The average molecular weight is 267 g/mol. The highest BCUT2D eigenvalue weighted by Crippen LogP contribution is 2.38. The van der Waals surface area contributed by atoms with Crippen molar-refractivity contribution in [3.8, 4) is 0 Å². The van der Waals surface area contributed by atoms with Crippen LogP contribution in [0.1, 0.15) is 5.56 Å². The van der Waals surface area contributed by atoms with E-state index in [1.807, 2.05) is 0 Å². The highest BCUT2D eigenvalue weighted by Gasteiger charge is 2.42. The smallest absolute Gasteiger partial charge is 0.269 e. The number of rotatable bonds is 2. The molecule has 2 rings (SSSR count). The van der Waals surface area contributed by atoms with E-state index in [2.05, 4.69) is 4.99 Å². The van der Waals surface area contributed by atoms with Crippen molar-refractivity contribution in [2.75, 3.05) is 19.8 Å². The second-order valence-corrected chi connectivity index (χ2v) is 4.92. The molecule has 96 valence electrons. The summed E-state index contributed by atoms with van der Waals surface area (Å²) >= 11 is 1.42. The van der Waals surface area contributed by atoms with Crippen molar-refractivity contribution in [1.82, 2.24) is 4.90 Å². The monoisotopic (exact) mass is 267 g/mol.